The van der Waals surface area contributed by atoms with Crippen molar-refractivity contribution in [2.24, 2.45) is 0 Å². The maximum absolute atomic E-state index is 5.92. The molecule has 1 fully saturated rings. The normalized spacial score (nSPS) is 18.9. The minimum absolute atomic E-state index is 0. The molecular weight excluding hydrogens is 259 g/mol. The van der Waals surface area contributed by atoms with Crippen LogP contribution in [0.2, 0.25) is 5.15 Å². The highest BCUT2D eigenvalue weighted by molar-refractivity contribution is 6.29. The lowest BCUT2D eigenvalue weighted by Gasteiger charge is -2.21. The molecule has 1 atom stereocenters. The minimum atomic E-state index is 0. The molecule has 0 spiro atoms. The van der Waals surface area contributed by atoms with E-state index in [1.54, 1.807) is 6.07 Å². The third-order valence-corrected chi connectivity index (χ3v) is 3.00. The van der Waals surface area contributed by atoms with E-state index in [0.717, 1.165) is 18.8 Å². The molecule has 1 saturated heterocycles. The summed E-state index contributed by atoms with van der Waals surface area (Å²) in [7, 11) is 2.01. The number of nitrogens with one attached hydrogen (secondary N) is 1. The summed E-state index contributed by atoms with van der Waals surface area (Å²) in [6, 6.07) is 2.32. The lowest BCUT2D eigenvalue weighted by Crippen LogP contribution is -2.36. The lowest BCUT2D eigenvalue weighted by atomic mass is 10.2. The molecule has 0 bridgehead atoms. The van der Waals surface area contributed by atoms with Gasteiger partial charge in [0.2, 0.25) is 5.95 Å². The van der Waals surface area contributed by atoms with E-state index in [4.69, 9.17) is 11.6 Å². The monoisotopic (exact) mass is 276 g/mol. The predicted molar refractivity (Wildman–Crippen MR) is 73.3 cm³/mol. The first-order valence-electron chi connectivity index (χ1n) is 5.61. The van der Waals surface area contributed by atoms with Crippen LogP contribution >= 0.6 is 24.0 Å². The standard InChI is InChI=1S/C11H17ClN4.ClH/c1-8-6-10(12)15-11(14-8)16(2)7-9-4-3-5-13-9;/h6,9,13H,3-5,7H2,1-2H3;1H. The van der Waals surface area contributed by atoms with Crippen LogP contribution in [-0.2, 0) is 0 Å². The highest BCUT2D eigenvalue weighted by atomic mass is 35.5. The van der Waals surface area contributed by atoms with Gasteiger partial charge in [0.25, 0.3) is 0 Å². The van der Waals surface area contributed by atoms with E-state index in [9.17, 15) is 0 Å². The second-order valence-electron chi connectivity index (χ2n) is 4.31. The molecule has 0 aromatic carbocycles. The Morgan fingerprint density at radius 2 is 2.29 bits per heavy atom. The van der Waals surface area contributed by atoms with Gasteiger partial charge in [-0.1, -0.05) is 11.6 Å². The van der Waals surface area contributed by atoms with Gasteiger partial charge in [0, 0.05) is 25.3 Å². The first-order valence-corrected chi connectivity index (χ1v) is 5.98. The smallest absolute Gasteiger partial charge is 0.226 e. The van der Waals surface area contributed by atoms with Crippen LogP contribution in [0.25, 0.3) is 0 Å². The fraction of sp³-hybridized carbons (Fsp3) is 0.636. The molecule has 0 aliphatic carbocycles. The molecule has 1 aliphatic heterocycles. The zero-order valence-electron chi connectivity index (χ0n) is 10.1. The van der Waals surface area contributed by atoms with E-state index in [0.29, 0.717) is 17.1 Å². The molecule has 96 valence electrons. The van der Waals surface area contributed by atoms with Gasteiger partial charge in [-0.25, -0.2) is 9.97 Å². The Bertz CT molecular complexity index is 346. The number of hydrogen-bond acceptors (Lipinski definition) is 4. The van der Waals surface area contributed by atoms with Crippen LogP contribution in [0.3, 0.4) is 0 Å². The zero-order valence-corrected chi connectivity index (χ0v) is 11.7. The highest BCUT2D eigenvalue weighted by Crippen LogP contribution is 2.14. The zero-order chi connectivity index (χ0) is 11.5. The molecule has 2 heterocycles. The van der Waals surface area contributed by atoms with Crippen molar-refractivity contribution < 1.29 is 0 Å². The Balaban J connectivity index is 0.00000144. The summed E-state index contributed by atoms with van der Waals surface area (Å²) in [5.74, 6) is 0.707. The van der Waals surface area contributed by atoms with E-state index in [-0.39, 0.29) is 12.4 Å². The quantitative estimate of drug-likeness (QED) is 0.858. The molecule has 0 amide bonds. The third-order valence-electron chi connectivity index (χ3n) is 2.81. The van der Waals surface area contributed by atoms with Crippen molar-refractivity contribution in [2.45, 2.75) is 25.8 Å². The highest BCUT2D eigenvalue weighted by Gasteiger charge is 2.17. The SMILES string of the molecule is Cc1cc(Cl)nc(N(C)CC2CCCN2)n1.Cl. The average Bonchev–Trinajstić information content (AvgIpc) is 2.68. The third kappa shape index (κ3) is 3.98. The van der Waals surface area contributed by atoms with Gasteiger partial charge >= 0.3 is 0 Å². The van der Waals surface area contributed by atoms with Gasteiger partial charge in [-0.2, -0.15) is 0 Å². The molecule has 17 heavy (non-hydrogen) atoms. The molecule has 1 aromatic heterocycles. The molecule has 6 heteroatoms. The van der Waals surface area contributed by atoms with Gasteiger partial charge in [-0.05, 0) is 32.4 Å². The number of anilines is 1. The van der Waals surface area contributed by atoms with Crippen molar-refractivity contribution in [3.05, 3.63) is 16.9 Å². The predicted octanol–water partition coefficient (Wildman–Crippen LogP) is 2.05. The van der Waals surface area contributed by atoms with Crippen LogP contribution in [0.5, 0.6) is 0 Å². The summed E-state index contributed by atoms with van der Waals surface area (Å²) in [6.45, 7) is 3.98. The Morgan fingerprint density at radius 3 is 2.88 bits per heavy atom. The number of nitrogens with zero attached hydrogens (tertiary/aromatic N) is 3. The van der Waals surface area contributed by atoms with Crippen LogP contribution in [0.4, 0.5) is 5.95 Å². The Kier molecular flexibility index (Phi) is 5.43. The van der Waals surface area contributed by atoms with Gasteiger partial charge < -0.3 is 10.2 Å². The number of rotatable bonds is 3. The number of aromatic nitrogens is 2. The van der Waals surface area contributed by atoms with E-state index in [1.807, 2.05) is 14.0 Å². The summed E-state index contributed by atoms with van der Waals surface area (Å²) in [5.41, 5.74) is 0.904. The Labute approximate surface area is 113 Å². The fourth-order valence-electron chi connectivity index (χ4n) is 2.01. The van der Waals surface area contributed by atoms with Crippen LogP contribution in [0.15, 0.2) is 6.07 Å². The van der Waals surface area contributed by atoms with Crippen LogP contribution < -0.4 is 10.2 Å². The van der Waals surface area contributed by atoms with Gasteiger partial charge in [0.1, 0.15) is 5.15 Å². The first kappa shape index (κ1) is 14.5. The molecule has 0 radical (unpaired) electrons. The molecule has 0 saturated carbocycles. The topological polar surface area (TPSA) is 41.1 Å². The molecule has 4 nitrogen and oxygen atoms in total. The van der Waals surface area contributed by atoms with Gasteiger partial charge in [-0.15, -0.1) is 12.4 Å². The average molecular weight is 277 g/mol. The van der Waals surface area contributed by atoms with Gasteiger partial charge in [0.15, 0.2) is 0 Å². The summed E-state index contributed by atoms with van der Waals surface area (Å²) in [4.78, 5) is 10.7. The van der Waals surface area contributed by atoms with Gasteiger partial charge in [-0.3, -0.25) is 0 Å². The van der Waals surface area contributed by atoms with E-state index < -0.39 is 0 Å². The largest absolute Gasteiger partial charge is 0.342 e. The molecule has 2 rings (SSSR count). The van der Waals surface area contributed by atoms with Crippen molar-refractivity contribution in [3.63, 3.8) is 0 Å². The number of likely N-dealkylation sites (N-methyl/N-ethyl adjacent to an activating group) is 1. The van der Waals surface area contributed by atoms with E-state index >= 15 is 0 Å². The molecular formula is C11H18Cl2N4. The summed E-state index contributed by atoms with van der Waals surface area (Å²) < 4.78 is 0. The maximum atomic E-state index is 5.92. The van der Waals surface area contributed by atoms with E-state index in [1.165, 1.54) is 12.8 Å². The minimum Gasteiger partial charge on any atom is -0.342 e. The molecule has 1 aliphatic rings. The Morgan fingerprint density at radius 1 is 1.53 bits per heavy atom. The maximum Gasteiger partial charge on any atom is 0.226 e. The second kappa shape index (κ2) is 6.38. The summed E-state index contributed by atoms with van der Waals surface area (Å²) >= 11 is 5.92. The Hall–Kier alpha value is -0.580. The van der Waals surface area contributed by atoms with E-state index in [2.05, 4.69) is 20.2 Å². The van der Waals surface area contributed by atoms with Crippen LogP contribution in [0.1, 0.15) is 18.5 Å². The van der Waals surface area contributed by atoms with Gasteiger partial charge in [0.05, 0.1) is 0 Å². The number of halogens is 2. The second-order valence-corrected chi connectivity index (χ2v) is 4.69. The van der Waals surface area contributed by atoms with Crippen molar-refractivity contribution in [1.82, 2.24) is 15.3 Å². The summed E-state index contributed by atoms with van der Waals surface area (Å²) in [5, 5.41) is 3.96. The number of hydrogen-bond donors (Lipinski definition) is 1. The van der Waals surface area contributed by atoms with Crippen molar-refractivity contribution in [3.8, 4) is 0 Å². The first-order chi connectivity index (χ1) is 7.65. The number of aryl methyl sites for hydroxylation is 1. The lowest BCUT2D eigenvalue weighted by molar-refractivity contribution is 0.594. The van der Waals surface area contributed by atoms with Crippen molar-refractivity contribution in [2.75, 3.05) is 25.0 Å². The summed E-state index contributed by atoms with van der Waals surface area (Å²) in [6.07, 6.45) is 2.48. The molecule has 1 unspecified atom stereocenters. The van der Waals surface area contributed by atoms with Crippen molar-refractivity contribution >= 4 is 30.0 Å². The fourth-order valence-corrected chi connectivity index (χ4v) is 2.24. The van der Waals surface area contributed by atoms with Crippen molar-refractivity contribution in [1.29, 1.82) is 0 Å². The van der Waals surface area contributed by atoms with Crippen LogP contribution in [0, 0.1) is 6.92 Å². The molecule has 1 N–H and O–H groups in total. The molecule has 1 aromatic rings. The van der Waals surface area contributed by atoms with Crippen LogP contribution in [-0.4, -0.2) is 36.1 Å².